The normalized spacial score (nSPS) is 13.7. The summed E-state index contributed by atoms with van der Waals surface area (Å²) in [6.07, 6.45) is 22.5. The monoisotopic (exact) mass is 976 g/mol. The summed E-state index contributed by atoms with van der Waals surface area (Å²) < 4.78 is 4.94. The largest absolute Gasteiger partial charge is 0.313 e. The van der Waals surface area contributed by atoms with E-state index in [1.807, 2.05) is 0 Å². The first-order chi connectivity index (χ1) is 37.7. The maximum absolute atomic E-state index is 2.47. The van der Waals surface area contributed by atoms with Gasteiger partial charge in [0, 0.05) is 78.8 Å². The number of rotatable bonds is 11. The quantitative estimate of drug-likeness (QED) is 0.128. The van der Waals surface area contributed by atoms with Crippen LogP contribution in [0.5, 0.6) is 0 Å². The summed E-state index contributed by atoms with van der Waals surface area (Å²) >= 11 is 0. The number of anilines is 6. The van der Waals surface area contributed by atoms with E-state index in [1.54, 1.807) is 0 Å². The Hall–Kier alpha value is -9.38. The van der Waals surface area contributed by atoms with Crippen molar-refractivity contribution in [3.05, 3.63) is 283 Å². The van der Waals surface area contributed by atoms with Gasteiger partial charge < -0.3 is 18.9 Å². The molecule has 0 saturated carbocycles. The highest BCUT2D eigenvalue weighted by atomic mass is 15.1. The molecule has 0 N–H and O–H groups in total. The Balaban J connectivity index is 0.850. The summed E-state index contributed by atoms with van der Waals surface area (Å²) in [4.78, 5) is 4.85. The van der Waals surface area contributed by atoms with Crippen LogP contribution in [-0.4, -0.2) is 9.13 Å². The van der Waals surface area contributed by atoms with Crippen LogP contribution < -0.4 is 9.80 Å². The van der Waals surface area contributed by atoms with Gasteiger partial charge in [0.05, 0.1) is 11.0 Å². The van der Waals surface area contributed by atoms with Crippen LogP contribution in [0.2, 0.25) is 0 Å². The predicted molar refractivity (Wildman–Crippen MR) is 321 cm³/mol. The van der Waals surface area contributed by atoms with Gasteiger partial charge in [-0.3, -0.25) is 0 Å². The highest BCUT2D eigenvalue weighted by Gasteiger charge is 2.24. The zero-order valence-corrected chi connectivity index (χ0v) is 42.4. The molecule has 9 aromatic carbocycles. The molecular weight excluding hydrogens is 921 g/mol. The molecule has 0 amide bonds. The Morgan fingerprint density at radius 1 is 0.303 bits per heavy atom. The number of para-hydroxylation sites is 2. The summed E-state index contributed by atoms with van der Waals surface area (Å²) in [7, 11) is 0. The minimum Gasteiger partial charge on any atom is -0.313 e. The molecule has 0 fully saturated rings. The second kappa shape index (κ2) is 19.5. The zero-order chi connectivity index (χ0) is 50.4. The maximum Gasteiger partial charge on any atom is 0.0539 e. The highest BCUT2D eigenvalue weighted by molar-refractivity contribution is 5.99. The third-order valence-electron chi connectivity index (χ3n) is 15.6. The van der Waals surface area contributed by atoms with Gasteiger partial charge >= 0.3 is 0 Å². The lowest BCUT2D eigenvalue weighted by Crippen LogP contribution is -2.10. The zero-order valence-electron chi connectivity index (χ0n) is 42.4. The number of hydrogen-bond acceptors (Lipinski definition) is 2. The van der Waals surface area contributed by atoms with Crippen molar-refractivity contribution in [2.24, 2.45) is 0 Å². The van der Waals surface area contributed by atoms with E-state index in [9.17, 15) is 0 Å². The summed E-state index contributed by atoms with van der Waals surface area (Å²) in [6.45, 7) is 0. The SMILES string of the molecule is C1=CC(c2cccc(N(c3ccc(-c4ccc(N(c5cccc(-c6ccccc6)c5)c5ccc6c(c5)c5c(n6-c6ccccc6)CCC=C5)cc4)cc3)c3ccc4c(c3)c3c(n4-c4ccccc4)CCC=C3)c2)=CCC1. The van der Waals surface area contributed by atoms with Crippen LogP contribution in [0.4, 0.5) is 34.1 Å². The van der Waals surface area contributed by atoms with Gasteiger partial charge in [0.15, 0.2) is 0 Å². The van der Waals surface area contributed by atoms with E-state index < -0.39 is 0 Å². The van der Waals surface area contributed by atoms with Crippen molar-refractivity contribution in [1.29, 1.82) is 0 Å². The number of benzene rings is 9. The minimum atomic E-state index is 1.01. The topological polar surface area (TPSA) is 16.3 Å². The van der Waals surface area contributed by atoms with Crippen molar-refractivity contribution in [3.8, 4) is 33.6 Å². The third-order valence-corrected chi connectivity index (χ3v) is 15.6. The number of hydrogen-bond donors (Lipinski definition) is 0. The van der Waals surface area contributed by atoms with E-state index in [2.05, 4.69) is 286 Å². The maximum atomic E-state index is 2.47. The molecule has 11 aromatic rings. The fourth-order valence-electron chi connectivity index (χ4n) is 12.0. The van der Waals surface area contributed by atoms with E-state index in [0.29, 0.717) is 0 Å². The predicted octanol–water partition coefficient (Wildman–Crippen LogP) is 19.5. The Kier molecular flexibility index (Phi) is 11.6. The molecule has 0 unspecified atom stereocenters. The molecule has 2 heterocycles. The average Bonchev–Trinajstić information content (AvgIpc) is 4.02. The van der Waals surface area contributed by atoms with Gasteiger partial charge in [0.25, 0.3) is 0 Å². The van der Waals surface area contributed by atoms with Crippen molar-refractivity contribution < 1.29 is 0 Å². The molecule has 0 saturated heterocycles. The van der Waals surface area contributed by atoms with Crippen LogP contribution in [0, 0.1) is 0 Å². The van der Waals surface area contributed by atoms with Gasteiger partial charge in [0.2, 0.25) is 0 Å². The Morgan fingerprint density at radius 2 is 0.724 bits per heavy atom. The lowest BCUT2D eigenvalue weighted by atomic mass is 9.98. The molecule has 0 spiro atoms. The first kappa shape index (κ1) is 45.3. The lowest BCUT2D eigenvalue weighted by Gasteiger charge is -2.27. The Labute approximate surface area is 445 Å². The fraction of sp³-hybridized carbons (Fsp3) is 0.0833. The van der Waals surface area contributed by atoms with Crippen molar-refractivity contribution in [2.45, 2.75) is 38.5 Å². The van der Waals surface area contributed by atoms with Crippen molar-refractivity contribution >= 4 is 73.7 Å². The molecule has 14 rings (SSSR count). The summed E-state index contributed by atoms with van der Waals surface area (Å²) in [5.41, 5.74) is 24.1. The molecule has 3 aliphatic carbocycles. The van der Waals surface area contributed by atoms with E-state index in [-0.39, 0.29) is 0 Å². The molecule has 4 heteroatoms. The number of allylic oxidation sites excluding steroid dienone is 6. The first-order valence-corrected chi connectivity index (χ1v) is 26.9. The molecule has 2 aromatic heterocycles. The van der Waals surface area contributed by atoms with E-state index in [1.165, 1.54) is 78.0 Å². The molecule has 0 bridgehead atoms. The molecule has 0 atom stereocenters. The second-order valence-corrected chi connectivity index (χ2v) is 20.2. The van der Waals surface area contributed by atoms with E-state index in [4.69, 9.17) is 0 Å². The van der Waals surface area contributed by atoms with Crippen molar-refractivity contribution in [1.82, 2.24) is 9.13 Å². The van der Waals surface area contributed by atoms with Crippen LogP contribution in [0.15, 0.2) is 255 Å². The molecular formula is C72H56N4. The summed E-state index contributed by atoms with van der Waals surface area (Å²) in [5, 5.41) is 2.53. The van der Waals surface area contributed by atoms with Crippen LogP contribution in [0.25, 0.3) is 73.2 Å². The summed E-state index contributed by atoms with van der Waals surface area (Å²) in [6, 6.07) is 82.7. The van der Waals surface area contributed by atoms with Crippen molar-refractivity contribution in [3.63, 3.8) is 0 Å². The average molecular weight is 977 g/mol. The standard InChI is InChI=1S/C72H56N4/c1-5-19-51(20-6-1)55-23-17-29-61(47-55)73(63-43-45-71-67(49-63)65-31-13-15-33-69(65)75(71)57-25-9-3-10-26-57)59-39-35-53(36-40-59)54-37-41-60(42-38-54)74(62-30-18-24-56(48-62)52-21-7-2-8-22-52)64-44-46-72-68(50-64)66-32-14-16-34-70(66)76(72)58-27-11-4-12-28-58/h1,3-7,9-14,17-32,35-50H,2,8,15-16,33-34H2. The molecule has 0 aliphatic heterocycles. The van der Waals surface area contributed by atoms with Gasteiger partial charge in [0.1, 0.15) is 0 Å². The number of nitrogens with zero attached hydrogens (tertiary/aromatic N) is 4. The minimum absolute atomic E-state index is 1.01. The van der Waals surface area contributed by atoms with E-state index >= 15 is 0 Å². The van der Waals surface area contributed by atoms with Crippen LogP contribution in [0.1, 0.15) is 53.8 Å². The Morgan fingerprint density at radius 3 is 1.22 bits per heavy atom. The van der Waals surface area contributed by atoms with Gasteiger partial charge in [-0.25, -0.2) is 0 Å². The summed E-state index contributed by atoms with van der Waals surface area (Å²) in [5.74, 6) is 0. The number of fused-ring (bicyclic) bond motifs is 6. The lowest BCUT2D eigenvalue weighted by molar-refractivity contribution is 0.888. The number of aromatic nitrogens is 2. The smallest absolute Gasteiger partial charge is 0.0539 e. The van der Waals surface area contributed by atoms with Crippen LogP contribution >= 0.6 is 0 Å². The Bertz CT molecular complexity index is 4080. The highest BCUT2D eigenvalue weighted by Crippen LogP contribution is 2.44. The van der Waals surface area contributed by atoms with Crippen molar-refractivity contribution in [2.75, 3.05) is 9.80 Å². The molecule has 0 radical (unpaired) electrons. The second-order valence-electron chi connectivity index (χ2n) is 20.2. The first-order valence-electron chi connectivity index (χ1n) is 26.9. The molecule has 364 valence electrons. The van der Waals surface area contributed by atoms with Crippen LogP contribution in [0.3, 0.4) is 0 Å². The molecule has 76 heavy (non-hydrogen) atoms. The molecule has 4 nitrogen and oxygen atoms in total. The third kappa shape index (κ3) is 8.20. The van der Waals surface area contributed by atoms with Gasteiger partial charge in [-0.15, -0.1) is 0 Å². The fourth-order valence-corrected chi connectivity index (χ4v) is 12.0. The van der Waals surface area contributed by atoms with Gasteiger partial charge in [-0.05, 0) is 181 Å². The van der Waals surface area contributed by atoms with Gasteiger partial charge in [-0.2, -0.15) is 0 Å². The molecule has 3 aliphatic rings. The van der Waals surface area contributed by atoms with Crippen LogP contribution in [-0.2, 0) is 12.8 Å². The van der Waals surface area contributed by atoms with E-state index in [0.717, 1.165) is 83.8 Å². The van der Waals surface area contributed by atoms with Gasteiger partial charge in [-0.1, -0.05) is 158 Å².